The second-order valence-corrected chi connectivity index (χ2v) is 5.89. The highest BCUT2D eigenvalue weighted by Gasteiger charge is 2.34. The number of nitrogens with one attached hydrogen (secondary N) is 1. The van der Waals surface area contributed by atoms with Crippen molar-refractivity contribution in [1.29, 1.82) is 0 Å². The van der Waals surface area contributed by atoms with E-state index in [0.717, 1.165) is 6.42 Å². The highest BCUT2D eigenvalue weighted by Crippen LogP contribution is 2.35. The van der Waals surface area contributed by atoms with Gasteiger partial charge in [-0.2, -0.15) is 0 Å². The molecule has 20 heavy (non-hydrogen) atoms. The Morgan fingerprint density at radius 3 is 2.65 bits per heavy atom. The molecule has 0 saturated heterocycles. The van der Waals surface area contributed by atoms with Crippen LogP contribution in [0.25, 0.3) is 0 Å². The number of rotatable bonds is 4. The molecule has 2 N–H and O–H groups in total. The topological polar surface area (TPSA) is 66.4 Å². The molecule has 4 heteroatoms. The molecule has 0 spiro atoms. The number of carbonyl (C=O) groups is 2. The quantitative estimate of drug-likeness (QED) is 0.881. The van der Waals surface area contributed by atoms with E-state index in [1.807, 2.05) is 12.1 Å². The maximum Gasteiger partial charge on any atom is 0.306 e. The molecule has 106 valence electrons. The van der Waals surface area contributed by atoms with Crippen molar-refractivity contribution in [1.82, 2.24) is 5.32 Å². The molecule has 0 radical (unpaired) electrons. The number of benzene rings is 1. The summed E-state index contributed by atoms with van der Waals surface area (Å²) in [5, 5.41) is 12.0. The monoisotopic (exact) mass is 273 g/mol. The van der Waals surface area contributed by atoms with Gasteiger partial charge in [-0.15, -0.1) is 0 Å². The maximum absolute atomic E-state index is 12.1. The molecular weight excluding hydrogens is 254 g/mol. The summed E-state index contributed by atoms with van der Waals surface area (Å²) in [6, 6.07) is 8.31. The molecule has 1 aromatic rings. The lowest BCUT2D eigenvalue weighted by atomic mass is 9.77. The lowest BCUT2D eigenvalue weighted by molar-refractivity contribution is -0.141. The van der Waals surface area contributed by atoms with Gasteiger partial charge in [-0.3, -0.25) is 9.59 Å². The second kappa shape index (κ2) is 5.27. The molecule has 2 aliphatic carbocycles. The molecule has 1 fully saturated rings. The van der Waals surface area contributed by atoms with Crippen molar-refractivity contribution in [2.45, 2.75) is 31.6 Å². The molecule has 0 bridgehead atoms. The number of amides is 1. The van der Waals surface area contributed by atoms with Gasteiger partial charge in [0.15, 0.2) is 0 Å². The molecule has 1 saturated carbocycles. The van der Waals surface area contributed by atoms with Gasteiger partial charge in [0.05, 0.1) is 5.92 Å². The second-order valence-electron chi connectivity index (χ2n) is 5.89. The average molecular weight is 273 g/mol. The first-order valence-corrected chi connectivity index (χ1v) is 7.23. The van der Waals surface area contributed by atoms with Gasteiger partial charge in [-0.05, 0) is 36.8 Å². The summed E-state index contributed by atoms with van der Waals surface area (Å²) in [4.78, 5) is 23.0. The minimum Gasteiger partial charge on any atom is -0.481 e. The van der Waals surface area contributed by atoms with E-state index < -0.39 is 5.97 Å². The number of carbonyl (C=O) groups excluding carboxylic acids is 1. The molecule has 3 rings (SSSR count). The Balaban J connectivity index is 1.48. The van der Waals surface area contributed by atoms with E-state index in [9.17, 15) is 9.59 Å². The zero-order valence-electron chi connectivity index (χ0n) is 11.3. The SMILES string of the molecule is O=C(O)[C@H]1CC[C@@H](C(=O)NCC2Cc3ccccc32)C1. The van der Waals surface area contributed by atoms with Gasteiger partial charge in [0.1, 0.15) is 0 Å². The minimum absolute atomic E-state index is 0.0260. The van der Waals surface area contributed by atoms with E-state index in [4.69, 9.17) is 5.11 Å². The third-order valence-electron chi connectivity index (χ3n) is 4.64. The molecular formula is C16H19NO3. The van der Waals surface area contributed by atoms with Crippen LogP contribution >= 0.6 is 0 Å². The minimum atomic E-state index is -0.770. The summed E-state index contributed by atoms with van der Waals surface area (Å²) in [7, 11) is 0. The van der Waals surface area contributed by atoms with E-state index in [-0.39, 0.29) is 17.7 Å². The standard InChI is InChI=1S/C16H19NO3/c18-15(11-5-6-12(8-11)16(19)20)17-9-13-7-10-3-1-2-4-14(10)13/h1-4,11-13H,5-9H2,(H,17,18)(H,19,20)/t11-,12+,13?/m1/s1. The van der Waals surface area contributed by atoms with Crippen LogP contribution in [-0.4, -0.2) is 23.5 Å². The maximum atomic E-state index is 12.1. The largest absolute Gasteiger partial charge is 0.481 e. The molecule has 2 aliphatic rings. The van der Waals surface area contributed by atoms with Crippen molar-refractivity contribution >= 4 is 11.9 Å². The van der Waals surface area contributed by atoms with Gasteiger partial charge in [-0.25, -0.2) is 0 Å². The summed E-state index contributed by atoms with van der Waals surface area (Å²) < 4.78 is 0. The van der Waals surface area contributed by atoms with Crippen molar-refractivity contribution in [3.8, 4) is 0 Å². The predicted molar refractivity (Wildman–Crippen MR) is 74.4 cm³/mol. The molecule has 4 nitrogen and oxygen atoms in total. The zero-order valence-corrected chi connectivity index (χ0v) is 11.3. The van der Waals surface area contributed by atoms with Gasteiger partial charge >= 0.3 is 5.97 Å². The highest BCUT2D eigenvalue weighted by molar-refractivity contribution is 5.81. The summed E-state index contributed by atoms with van der Waals surface area (Å²) >= 11 is 0. The van der Waals surface area contributed by atoms with E-state index in [0.29, 0.717) is 31.7 Å². The van der Waals surface area contributed by atoms with Crippen molar-refractivity contribution in [3.05, 3.63) is 35.4 Å². The van der Waals surface area contributed by atoms with Gasteiger partial charge < -0.3 is 10.4 Å². The lowest BCUT2D eigenvalue weighted by Gasteiger charge is -2.30. The van der Waals surface area contributed by atoms with Crippen LogP contribution in [-0.2, 0) is 16.0 Å². The summed E-state index contributed by atoms with van der Waals surface area (Å²) in [6.45, 7) is 0.671. The molecule has 0 heterocycles. The number of carboxylic acids is 1. The van der Waals surface area contributed by atoms with Gasteiger partial charge in [0.25, 0.3) is 0 Å². The summed E-state index contributed by atoms with van der Waals surface area (Å²) in [5.41, 5.74) is 2.71. The fourth-order valence-electron chi connectivity index (χ4n) is 3.36. The normalized spacial score (nSPS) is 27.5. The van der Waals surface area contributed by atoms with Gasteiger partial charge in [0.2, 0.25) is 5.91 Å². The van der Waals surface area contributed by atoms with Crippen LogP contribution in [0.1, 0.15) is 36.3 Å². The van der Waals surface area contributed by atoms with Gasteiger partial charge in [-0.1, -0.05) is 24.3 Å². The molecule has 1 amide bonds. The molecule has 0 aliphatic heterocycles. The van der Waals surface area contributed by atoms with E-state index >= 15 is 0 Å². The van der Waals surface area contributed by atoms with Crippen LogP contribution in [0.2, 0.25) is 0 Å². The number of carboxylic acid groups (broad SMARTS) is 1. The number of hydrogen-bond donors (Lipinski definition) is 2. The first-order valence-electron chi connectivity index (χ1n) is 7.23. The molecule has 3 atom stereocenters. The van der Waals surface area contributed by atoms with Crippen LogP contribution in [0, 0.1) is 11.8 Å². The lowest BCUT2D eigenvalue weighted by Crippen LogP contribution is -2.36. The van der Waals surface area contributed by atoms with Crippen molar-refractivity contribution in [3.63, 3.8) is 0 Å². The van der Waals surface area contributed by atoms with Crippen LogP contribution < -0.4 is 5.32 Å². The first-order chi connectivity index (χ1) is 9.65. The van der Waals surface area contributed by atoms with Crippen LogP contribution in [0.3, 0.4) is 0 Å². The third-order valence-corrected chi connectivity index (χ3v) is 4.64. The Bertz CT molecular complexity index is 540. The Labute approximate surface area is 118 Å². The van der Waals surface area contributed by atoms with Crippen LogP contribution in [0.15, 0.2) is 24.3 Å². The summed E-state index contributed by atoms with van der Waals surface area (Å²) in [6.07, 6.45) is 2.84. The zero-order chi connectivity index (χ0) is 14.1. The van der Waals surface area contributed by atoms with Crippen LogP contribution in [0.4, 0.5) is 0 Å². The number of aliphatic carboxylic acids is 1. The van der Waals surface area contributed by atoms with Crippen molar-refractivity contribution in [2.75, 3.05) is 6.54 Å². The van der Waals surface area contributed by atoms with E-state index in [2.05, 4.69) is 17.4 Å². The number of hydrogen-bond acceptors (Lipinski definition) is 2. The first kappa shape index (κ1) is 13.2. The smallest absolute Gasteiger partial charge is 0.306 e. The highest BCUT2D eigenvalue weighted by atomic mass is 16.4. The Kier molecular flexibility index (Phi) is 3.47. The van der Waals surface area contributed by atoms with Crippen LogP contribution in [0.5, 0.6) is 0 Å². The Hall–Kier alpha value is -1.84. The van der Waals surface area contributed by atoms with Crippen molar-refractivity contribution < 1.29 is 14.7 Å². The Morgan fingerprint density at radius 2 is 1.95 bits per heavy atom. The van der Waals surface area contributed by atoms with E-state index in [1.54, 1.807) is 0 Å². The van der Waals surface area contributed by atoms with E-state index in [1.165, 1.54) is 11.1 Å². The summed E-state index contributed by atoms with van der Waals surface area (Å²) in [5.74, 6) is -0.778. The molecule has 0 aromatic heterocycles. The fraction of sp³-hybridized carbons (Fsp3) is 0.500. The number of fused-ring (bicyclic) bond motifs is 1. The average Bonchev–Trinajstić information content (AvgIpc) is 2.89. The Morgan fingerprint density at radius 1 is 1.20 bits per heavy atom. The fourth-order valence-corrected chi connectivity index (χ4v) is 3.36. The molecule has 1 unspecified atom stereocenters. The third kappa shape index (κ3) is 2.42. The van der Waals surface area contributed by atoms with Crippen molar-refractivity contribution in [2.24, 2.45) is 11.8 Å². The predicted octanol–water partition coefficient (Wildman–Crippen LogP) is 1.94. The van der Waals surface area contributed by atoms with Gasteiger partial charge in [0, 0.05) is 18.4 Å². The molecule has 1 aromatic carbocycles.